The first-order valence-corrected chi connectivity index (χ1v) is 17.9. The van der Waals surface area contributed by atoms with E-state index in [4.69, 9.17) is 0 Å². The first-order valence-electron chi connectivity index (χ1n) is 17.9. The Kier molecular flexibility index (Phi) is 6.89. The zero-order chi connectivity index (χ0) is 33.8. The Morgan fingerprint density at radius 1 is 0.353 bits per heavy atom. The van der Waals surface area contributed by atoms with Gasteiger partial charge in [-0.1, -0.05) is 127 Å². The van der Waals surface area contributed by atoms with Crippen LogP contribution in [0, 0.1) is 0 Å². The molecule has 3 aliphatic carbocycles. The van der Waals surface area contributed by atoms with Gasteiger partial charge in [0.25, 0.3) is 0 Å². The van der Waals surface area contributed by atoms with Crippen molar-refractivity contribution in [2.45, 2.75) is 18.3 Å². The molecule has 0 N–H and O–H groups in total. The molecule has 10 rings (SSSR count). The third kappa shape index (κ3) is 4.50. The molecule has 0 saturated carbocycles. The van der Waals surface area contributed by atoms with Gasteiger partial charge in [0.2, 0.25) is 0 Å². The van der Waals surface area contributed by atoms with Gasteiger partial charge in [0.15, 0.2) is 0 Å². The Morgan fingerprint density at radius 2 is 0.784 bits per heavy atom. The molecule has 51 heavy (non-hydrogen) atoms. The van der Waals surface area contributed by atoms with Gasteiger partial charge in [0.05, 0.1) is 5.41 Å². The molecule has 1 atom stereocenters. The lowest BCUT2D eigenvalue weighted by atomic mass is 9.70. The molecule has 0 amide bonds. The Labute approximate surface area is 299 Å². The Hall–Kier alpha value is -6.38. The molecule has 0 aromatic heterocycles. The molecule has 3 aliphatic rings. The van der Waals surface area contributed by atoms with Gasteiger partial charge in [-0.05, 0) is 124 Å². The summed E-state index contributed by atoms with van der Waals surface area (Å²) in [5.41, 5.74) is 17.0. The fourth-order valence-electron chi connectivity index (χ4n) is 8.78. The van der Waals surface area contributed by atoms with Gasteiger partial charge >= 0.3 is 0 Å². The van der Waals surface area contributed by atoms with Gasteiger partial charge in [-0.2, -0.15) is 0 Å². The molecule has 242 valence electrons. The molecule has 0 aliphatic heterocycles. The molecular weight excluding hydrogens is 617 g/mol. The maximum atomic E-state index is 2.48. The Balaban J connectivity index is 1.25. The molecule has 0 saturated heterocycles. The van der Waals surface area contributed by atoms with E-state index in [1.165, 1.54) is 55.9 Å². The number of fused-ring (bicyclic) bond motifs is 10. The predicted octanol–water partition coefficient (Wildman–Crippen LogP) is 12.9. The van der Waals surface area contributed by atoms with E-state index in [2.05, 4.69) is 204 Å². The van der Waals surface area contributed by atoms with Crippen LogP contribution in [0.5, 0.6) is 0 Å². The molecule has 1 unspecified atom stereocenters. The van der Waals surface area contributed by atoms with Gasteiger partial charge < -0.3 is 9.80 Å². The van der Waals surface area contributed by atoms with Gasteiger partial charge in [-0.25, -0.2) is 0 Å². The maximum absolute atomic E-state index is 2.48. The average molecular weight is 653 g/mol. The summed E-state index contributed by atoms with van der Waals surface area (Å²) in [7, 11) is 0. The van der Waals surface area contributed by atoms with E-state index in [-0.39, 0.29) is 0 Å². The monoisotopic (exact) mass is 652 g/mol. The lowest BCUT2D eigenvalue weighted by Crippen LogP contribution is -2.26. The highest BCUT2D eigenvalue weighted by Crippen LogP contribution is 2.64. The highest BCUT2D eigenvalue weighted by atomic mass is 15.2. The van der Waals surface area contributed by atoms with Crippen molar-refractivity contribution in [2.24, 2.45) is 0 Å². The van der Waals surface area contributed by atoms with E-state index in [9.17, 15) is 0 Å². The van der Waals surface area contributed by atoms with Crippen LogP contribution in [0.2, 0.25) is 0 Å². The third-order valence-electron chi connectivity index (χ3n) is 10.8. The van der Waals surface area contributed by atoms with E-state index in [0.717, 1.165) is 35.6 Å². The van der Waals surface area contributed by atoms with Crippen LogP contribution in [0.15, 0.2) is 200 Å². The fourth-order valence-corrected chi connectivity index (χ4v) is 8.78. The number of hydrogen-bond donors (Lipinski definition) is 0. The van der Waals surface area contributed by atoms with Crippen LogP contribution in [0.3, 0.4) is 0 Å². The second-order valence-electron chi connectivity index (χ2n) is 13.6. The molecule has 2 heteroatoms. The van der Waals surface area contributed by atoms with E-state index < -0.39 is 5.41 Å². The SMILES string of the molecule is C1=CC(N(c2ccccc2)c2ccc3c(c2)C2(c4ccccc4-3)c3ccccc3-c3ccc(N(c4ccccc4)c4ccccc4)cc32)=CCC1. The second-order valence-corrected chi connectivity index (χ2v) is 13.6. The highest BCUT2D eigenvalue weighted by Gasteiger charge is 2.52. The quantitative estimate of drug-likeness (QED) is 0.176. The number of nitrogens with zero attached hydrogens (tertiary/aromatic N) is 2. The minimum absolute atomic E-state index is 0.484. The van der Waals surface area contributed by atoms with Gasteiger partial charge in [0.1, 0.15) is 0 Å². The number of anilines is 5. The maximum Gasteiger partial charge on any atom is 0.0727 e. The van der Waals surface area contributed by atoms with Crippen molar-refractivity contribution in [2.75, 3.05) is 9.80 Å². The first-order chi connectivity index (χ1) is 25.3. The van der Waals surface area contributed by atoms with Gasteiger partial charge in [-0.15, -0.1) is 0 Å². The minimum atomic E-state index is -0.484. The number of rotatable bonds is 6. The summed E-state index contributed by atoms with van der Waals surface area (Å²) >= 11 is 0. The first kappa shape index (κ1) is 29.5. The van der Waals surface area contributed by atoms with Crippen molar-refractivity contribution in [3.8, 4) is 22.3 Å². The summed E-state index contributed by atoms with van der Waals surface area (Å²) in [6.45, 7) is 0. The van der Waals surface area contributed by atoms with Crippen molar-refractivity contribution >= 4 is 28.4 Å². The van der Waals surface area contributed by atoms with Crippen LogP contribution < -0.4 is 9.80 Å². The zero-order valence-electron chi connectivity index (χ0n) is 28.3. The highest BCUT2D eigenvalue weighted by molar-refractivity contribution is 5.97. The van der Waals surface area contributed by atoms with Gasteiger partial charge in [-0.3, -0.25) is 0 Å². The normalized spacial score (nSPS) is 16.2. The largest absolute Gasteiger partial charge is 0.311 e. The average Bonchev–Trinajstić information content (AvgIpc) is 3.67. The topological polar surface area (TPSA) is 6.48 Å². The summed E-state index contributed by atoms with van der Waals surface area (Å²) in [6.07, 6.45) is 9.07. The summed E-state index contributed by atoms with van der Waals surface area (Å²) in [4.78, 5) is 4.81. The lowest BCUT2D eigenvalue weighted by Gasteiger charge is -2.33. The Bertz CT molecular complexity index is 2430. The van der Waals surface area contributed by atoms with Crippen molar-refractivity contribution in [3.05, 3.63) is 222 Å². The third-order valence-corrected chi connectivity index (χ3v) is 10.8. The molecular formula is C49H36N2. The molecule has 0 radical (unpaired) electrons. The number of allylic oxidation sites excluding steroid dienone is 3. The van der Waals surface area contributed by atoms with Crippen molar-refractivity contribution < 1.29 is 0 Å². The zero-order valence-corrected chi connectivity index (χ0v) is 28.3. The summed E-state index contributed by atoms with van der Waals surface area (Å²) in [6, 6.07) is 64.7. The smallest absolute Gasteiger partial charge is 0.0727 e. The van der Waals surface area contributed by atoms with Crippen LogP contribution in [0.25, 0.3) is 22.3 Å². The summed E-state index contributed by atoms with van der Waals surface area (Å²) in [5, 5.41) is 0. The van der Waals surface area contributed by atoms with E-state index >= 15 is 0 Å². The van der Waals surface area contributed by atoms with E-state index in [1.54, 1.807) is 0 Å². The number of benzene rings is 7. The van der Waals surface area contributed by atoms with Crippen molar-refractivity contribution in [1.82, 2.24) is 0 Å². The molecule has 1 spiro atoms. The van der Waals surface area contributed by atoms with Crippen LogP contribution in [0.4, 0.5) is 28.4 Å². The fraction of sp³-hybridized carbons (Fsp3) is 0.0612. The van der Waals surface area contributed by atoms with Gasteiger partial charge in [0, 0.05) is 34.1 Å². The molecule has 7 aromatic carbocycles. The van der Waals surface area contributed by atoms with E-state index in [0.29, 0.717) is 0 Å². The molecule has 0 bridgehead atoms. The van der Waals surface area contributed by atoms with E-state index in [1.807, 2.05) is 0 Å². The van der Waals surface area contributed by atoms with Crippen molar-refractivity contribution in [1.29, 1.82) is 0 Å². The summed E-state index contributed by atoms with van der Waals surface area (Å²) < 4.78 is 0. The molecule has 0 heterocycles. The van der Waals surface area contributed by atoms with Crippen LogP contribution >= 0.6 is 0 Å². The van der Waals surface area contributed by atoms with Crippen LogP contribution in [-0.4, -0.2) is 0 Å². The summed E-state index contributed by atoms with van der Waals surface area (Å²) in [5.74, 6) is 0. The van der Waals surface area contributed by atoms with Crippen LogP contribution in [-0.2, 0) is 5.41 Å². The van der Waals surface area contributed by atoms with Crippen molar-refractivity contribution in [3.63, 3.8) is 0 Å². The minimum Gasteiger partial charge on any atom is -0.311 e. The second kappa shape index (κ2) is 11.9. The van der Waals surface area contributed by atoms with Crippen LogP contribution in [0.1, 0.15) is 35.1 Å². The lowest BCUT2D eigenvalue weighted by molar-refractivity contribution is 0.793. The number of para-hydroxylation sites is 3. The molecule has 7 aromatic rings. The molecule has 0 fully saturated rings. The standard InChI is InChI=1S/C49H36N2/c1-5-17-35(18-6-1)50(36-19-7-2-8-20-36)39-29-31-43-41-25-13-15-27-45(41)49(47(43)33-39)46-28-16-14-26-42(46)44-32-30-40(34-48(44)49)51(37-21-9-3-10-22-37)38-23-11-4-12-24-38/h1-3,5-11,13-34H,4,12H2. The Morgan fingerprint density at radius 3 is 1.27 bits per heavy atom. The number of hydrogen-bond acceptors (Lipinski definition) is 2. The molecule has 2 nitrogen and oxygen atoms in total. The predicted molar refractivity (Wildman–Crippen MR) is 212 cm³/mol.